The number of sulfonamides is 1. The van der Waals surface area contributed by atoms with Crippen molar-refractivity contribution in [2.24, 2.45) is 5.92 Å². The third kappa shape index (κ3) is 4.84. The van der Waals surface area contributed by atoms with Crippen molar-refractivity contribution in [3.63, 3.8) is 0 Å². The van der Waals surface area contributed by atoms with E-state index in [1.807, 2.05) is 6.92 Å². The van der Waals surface area contributed by atoms with Gasteiger partial charge in [-0.2, -0.15) is 0 Å². The van der Waals surface area contributed by atoms with Crippen LogP contribution in [0.4, 0.5) is 5.69 Å². The zero-order valence-electron chi connectivity index (χ0n) is 14.1. The van der Waals surface area contributed by atoms with Crippen LogP contribution in [0.5, 0.6) is 5.75 Å². The summed E-state index contributed by atoms with van der Waals surface area (Å²) in [4.78, 5) is 11.3. The number of nitrogens with one attached hydrogen (secondary N) is 2. The van der Waals surface area contributed by atoms with E-state index in [-0.39, 0.29) is 28.5 Å². The molecule has 134 valence electrons. The number of amides is 1. The standard InChI is InChI=1S/C16H23ClN2O4S/c1-10(2)5-4-6-11(3)19-24(21,22)15-8-14-13(7-12(15)17)18-16(20)9-23-14/h7-8,10-11,19H,4-6,9H2,1-3H3,(H,18,20). The van der Waals surface area contributed by atoms with Crippen LogP contribution in [-0.2, 0) is 14.8 Å². The summed E-state index contributed by atoms with van der Waals surface area (Å²) in [7, 11) is -3.76. The highest BCUT2D eigenvalue weighted by Gasteiger charge is 2.25. The largest absolute Gasteiger partial charge is 0.482 e. The number of carbonyl (C=O) groups is 1. The fraction of sp³-hybridized carbons (Fsp3) is 0.562. The van der Waals surface area contributed by atoms with Crippen molar-refractivity contribution in [2.45, 2.75) is 51.0 Å². The van der Waals surface area contributed by atoms with Gasteiger partial charge in [-0.15, -0.1) is 0 Å². The molecule has 6 nitrogen and oxygen atoms in total. The molecule has 0 saturated heterocycles. The van der Waals surface area contributed by atoms with Crippen molar-refractivity contribution in [1.82, 2.24) is 4.72 Å². The van der Waals surface area contributed by atoms with E-state index in [4.69, 9.17) is 16.3 Å². The van der Waals surface area contributed by atoms with Crippen molar-refractivity contribution in [3.05, 3.63) is 17.2 Å². The van der Waals surface area contributed by atoms with Crippen molar-refractivity contribution in [3.8, 4) is 5.75 Å². The van der Waals surface area contributed by atoms with E-state index < -0.39 is 10.0 Å². The smallest absolute Gasteiger partial charge is 0.262 e. The summed E-state index contributed by atoms with van der Waals surface area (Å²) in [6.07, 6.45) is 2.76. The lowest BCUT2D eigenvalue weighted by molar-refractivity contribution is -0.118. The Bertz CT molecular complexity index is 719. The first kappa shape index (κ1) is 19.0. The summed E-state index contributed by atoms with van der Waals surface area (Å²) >= 11 is 6.10. The minimum Gasteiger partial charge on any atom is -0.482 e. The molecule has 2 N–H and O–H groups in total. The van der Waals surface area contributed by atoms with Crippen LogP contribution in [0.3, 0.4) is 0 Å². The van der Waals surface area contributed by atoms with Crippen LogP contribution >= 0.6 is 11.6 Å². The quantitative estimate of drug-likeness (QED) is 0.767. The molecule has 24 heavy (non-hydrogen) atoms. The van der Waals surface area contributed by atoms with Gasteiger partial charge in [-0.25, -0.2) is 13.1 Å². The fourth-order valence-corrected chi connectivity index (χ4v) is 4.33. The monoisotopic (exact) mass is 374 g/mol. The van der Waals surface area contributed by atoms with Crippen molar-refractivity contribution in [1.29, 1.82) is 0 Å². The van der Waals surface area contributed by atoms with Crippen LogP contribution in [0.2, 0.25) is 5.02 Å². The molecule has 0 aliphatic carbocycles. The molecule has 1 aliphatic rings. The molecule has 1 aromatic rings. The first-order chi connectivity index (χ1) is 11.2. The van der Waals surface area contributed by atoms with Gasteiger partial charge in [-0.1, -0.05) is 38.3 Å². The molecule has 0 radical (unpaired) electrons. The summed E-state index contributed by atoms with van der Waals surface area (Å²) in [6, 6.07) is 2.55. The molecule has 0 spiro atoms. The molecule has 1 unspecified atom stereocenters. The van der Waals surface area contributed by atoms with Gasteiger partial charge >= 0.3 is 0 Å². The Balaban J connectivity index is 2.13. The molecule has 0 aromatic heterocycles. The minimum absolute atomic E-state index is 0.0430. The number of ether oxygens (including phenoxy) is 1. The van der Waals surface area contributed by atoms with Crippen molar-refractivity contribution < 1.29 is 17.9 Å². The van der Waals surface area contributed by atoms with Gasteiger partial charge in [0.1, 0.15) is 10.6 Å². The Kier molecular flexibility index (Phi) is 6.11. The van der Waals surface area contributed by atoms with Gasteiger partial charge in [0.05, 0.1) is 10.7 Å². The third-order valence-electron chi connectivity index (χ3n) is 3.73. The number of fused-ring (bicyclic) bond motifs is 1. The van der Waals surface area contributed by atoms with Gasteiger partial charge < -0.3 is 10.1 Å². The Hall–Kier alpha value is -1.31. The van der Waals surface area contributed by atoms with Crippen molar-refractivity contribution >= 4 is 33.2 Å². The predicted molar refractivity (Wildman–Crippen MR) is 94.0 cm³/mol. The number of carbonyl (C=O) groups excluding carboxylic acids is 1. The second-order valence-electron chi connectivity index (χ2n) is 6.46. The second kappa shape index (κ2) is 7.72. The highest BCUT2D eigenvalue weighted by molar-refractivity contribution is 7.89. The normalized spacial score (nSPS) is 15.6. The van der Waals surface area contributed by atoms with Crippen LogP contribution in [0.25, 0.3) is 0 Å². The van der Waals surface area contributed by atoms with E-state index in [1.54, 1.807) is 0 Å². The van der Waals surface area contributed by atoms with Crippen LogP contribution in [0.15, 0.2) is 17.0 Å². The van der Waals surface area contributed by atoms with Gasteiger partial charge in [0, 0.05) is 12.1 Å². The van der Waals surface area contributed by atoms with E-state index in [9.17, 15) is 13.2 Å². The second-order valence-corrected chi connectivity index (χ2v) is 8.55. The number of rotatable bonds is 7. The summed E-state index contributed by atoms with van der Waals surface area (Å²) in [5.41, 5.74) is 0.375. The lowest BCUT2D eigenvalue weighted by Crippen LogP contribution is -2.33. The molecule has 1 amide bonds. The molecule has 0 bridgehead atoms. The summed E-state index contributed by atoms with van der Waals surface area (Å²) in [5, 5.41) is 2.64. The van der Waals surface area contributed by atoms with Crippen LogP contribution < -0.4 is 14.8 Å². The Labute approximate surface area is 148 Å². The van der Waals surface area contributed by atoms with E-state index in [2.05, 4.69) is 23.9 Å². The fourth-order valence-electron chi connectivity index (χ4n) is 2.51. The first-order valence-corrected chi connectivity index (χ1v) is 9.83. The average Bonchev–Trinajstić information content (AvgIpc) is 2.45. The number of anilines is 1. The van der Waals surface area contributed by atoms with Gasteiger partial charge in [-0.05, 0) is 25.3 Å². The van der Waals surface area contributed by atoms with E-state index in [1.165, 1.54) is 12.1 Å². The molecule has 1 aliphatic heterocycles. The molecule has 0 fully saturated rings. The topological polar surface area (TPSA) is 84.5 Å². The van der Waals surface area contributed by atoms with E-state index in [0.717, 1.165) is 19.3 Å². The van der Waals surface area contributed by atoms with Gasteiger partial charge in [0.2, 0.25) is 10.0 Å². The Morgan fingerprint density at radius 2 is 2.00 bits per heavy atom. The van der Waals surface area contributed by atoms with Gasteiger partial charge in [0.15, 0.2) is 6.61 Å². The van der Waals surface area contributed by atoms with Crippen molar-refractivity contribution in [2.75, 3.05) is 11.9 Å². The summed E-state index contributed by atoms with van der Waals surface area (Å²) in [5.74, 6) is 0.592. The highest BCUT2D eigenvalue weighted by atomic mass is 35.5. The molecule has 0 saturated carbocycles. The highest BCUT2D eigenvalue weighted by Crippen LogP contribution is 2.35. The number of halogens is 1. The average molecular weight is 375 g/mol. The molecular weight excluding hydrogens is 352 g/mol. The molecule has 1 atom stereocenters. The molecule has 8 heteroatoms. The molecular formula is C16H23ClN2O4S. The zero-order chi connectivity index (χ0) is 17.9. The zero-order valence-corrected chi connectivity index (χ0v) is 15.6. The molecule has 2 rings (SSSR count). The lowest BCUT2D eigenvalue weighted by Gasteiger charge is -2.20. The minimum atomic E-state index is -3.76. The number of hydrogen-bond acceptors (Lipinski definition) is 4. The Morgan fingerprint density at radius 3 is 2.67 bits per heavy atom. The lowest BCUT2D eigenvalue weighted by atomic mass is 10.0. The van der Waals surface area contributed by atoms with Crippen LogP contribution in [-0.4, -0.2) is 27.0 Å². The maximum absolute atomic E-state index is 12.6. The maximum Gasteiger partial charge on any atom is 0.262 e. The van der Waals surface area contributed by atoms with Crippen LogP contribution in [0.1, 0.15) is 40.0 Å². The summed E-state index contributed by atoms with van der Waals surface area (Å²) in [6.45, 7) is 5.97. The molecule has 1 aromatic carbocycles. The van der Waals surface area contributed by atoms with Gasteiger partial charge in [0.25, 0.3) is 5.91 Å². The first-order valence-electron chi connectivity index (χ1n) is 7.97. The van der Waals surface area contributed by atoms with Gasteiger partial charge in [-0.3, -0.25) is 4.79 Å². The molecule has 1 heterocycles. The number of benzene rings is 1. The van der Waals surface area contributed by atoms with E-state index >= 15 is 0 Å². The third-order valence-corrected chi connectivity index (χ3v) is 5.79. The SMILES string of the molecule is CC(C)CCCC(C)NS(=O)(=O)c1cc2c(cc1Cl)NC(=O)CO2. The van der Waals surface area contributed by atoms with E-state index in [0.29, 0.717) is 17.4 Å². The van der Waals surface area contributed by atoms with Crippen LogP contribution in [0, 0.1) is 5.92 Å². The predicted octanol–water partition coefficient (Wildman–Crippen LogP) is 3.16. The number of hydrogen-bond donors (Lipinski definition) is 2. The maximum atomic E-state index is 12.6. The Morgan fingerprint density at radius 1 is 1.29 bits per heavy atom. The summed E-state index contributed by atoms with van der Waals surface area (Å²) < 4.78 is 33.1.